The first kappa shape index (κ1) is 13.6. The summed E-state index contributed by atoms with van der Waals surface area (Å²) in [6.07, 6.45) is 6.69. The van der Waals surface area contributed by atoms with E-state index in [1.165, 1.54) is 6.33 Å². The number of rotatable bonds is 3. The van der Waals surface area contributed by atoms with Gasteiger partial charge in [0.2, 0.25) is 10.0 Å². The zero-order valence-corrected chi connectivity index (χ0v) is 12.6. The van der Waals surface area contributed by atoms with E-state index in [9.17, 15) is 8.42 Å². The lowest BCUT2D eigenvalue weighted by Gasteiger charge is -2.33. The van der Waals surface area contributed by atoms with Crippen molar-refractivity contribution in [1.82, 2.24) is 14.3 Å². The summed E-state index contributed by atoms with van der Waals surface area (Å²) in [5.41, 5.74) is 0.899. The molecule has 1 aromatic heterocycles. The molecular weight excluding hydrogens is 290 g/mol. The summed E-state index contributed by atoms with van der Waals surface area (Å²) in [4.78, 5) is 8.18. The summed E-state index contributed by atoms with van der Waals surface area (Å²) in [5, 5.41) is -0.131. The lowest BCUT2D eigenvalue weighted by Crippen LogP contribution is -2.46. The fraction of sp³-hybridized carbons (Fsp3) is 0.714. The van der Waals surface area contributed by atoms with E-state index in [1.807, 2.05) is 6.07 Å². The Labute approximate surface area is 124 Å². The molecule has 0 radical (unpaired) electrons. The second-order valence-corrected chi connectivity index (χ2v) is 8.40. The SMILES string of the molecule is O=S(=O)(C1CC1)N1CC[C@@H]2C[C@@H](c3ccncn3)O[C@H]2C1. The van der Waals surface area contributed by atoms with E-state index in [1.54, 1.807) is 10.5 Å². The molecule has 3 aliphatic rings. The highest BCUT2D eigenvalue weighted by atomic mass is 32.2. The van der Waals surface area contributed by atoms with Crippen molar-refractivity contribution in [1.29, 1.82) is 0 Å². The molecule has 0 amide bonds. The predicted molar refractivity (Wildman–Crippen MR) is 75.9 cm³/mol. The zero-order valence-electron chi connectivity index (χ0n) is 11.8. The van der Waals surface area contributed by atoms with Gasteiger partial charge in [0, 0.05) is 19.3 Å². The van der Waals surface area contributed by atoms with Crippen LogP contribution in [0, 0.1) is 5.92 Å². The number of sulfonamides is 1. The fourth-order valence-corrected chi connectivity index (χ4v) is 5.26. The van der Waals surface area contributed by atoms with Crippen molar-refractivity contribution in [2.75, 3.05) is 13.1 Å². The molecular formula is C14H19N3O3S. The molecule has 3 fully saturated rings. The second kappa shape index (κ2) is 5.00. The molecule has 114 valence electrons. The summed E-state index contributed by atoms with van der Waals surface area (Å²) in [7, 11) is -3.08. The molecule has 2 saturated heterocycles. The van der Waals surface area contributed by atoms with E-state index in [0.717, 1.165) is 31.4 Å². The van der Waals surface area contributed by atoms with Gasteiger partial charge in [-0.25, -0.2) is 18.4 Å². The van der Waals surface area contributed by atoms with Crippen LogP contribution in [0.5, 0.6) is 0 Å². The van der Waals surface area contributed by atoms with E-state index in [0.29, 0.717) is 19.0 Å². The Morgan fingerprint density at radius 2 is 2.14 bits per heavy atom. The molecule has 4 rings (SSSR count). The Bertz CT molecular complexity index is 618. The number of ether oxygens (including phenoxy) is 1. The minimum atomic E-state index is -3.08. The summed E-state index contributed by atoms with van der Waals surface area (Å²) in [5.74, 6) is 0.440. The van der Waals surface area contributed by atoms with Gasteiger partial charge in [-0.1, -0.05) is 0 Å². The molecule has 2 aliphatic heterocycles. The molecule has 21 heavy (non-hydrogen) atoms. The van der Waals surface area contributed by atoms with Gasteiger partial charge in [-0.3, -0.25) is 0 Å². The topological polar surface area (TPSA) is 72.4 Å². The van der Waals surface area contributed by atoms with Crippen LogP contribution in [0.3, 0.4) is 0 Å². The third kappa shape index (κ3) is 2.47. The quantitative estimate of drug-likeness (QED) is 0.836. The molecule has 3 atom stereocenters. The molecule has 0 spiro atoms. The maximum atomic E-state index is 12.3. The number of piperidine rings is 1. The third-order valence-corrected chi connectivity index (χ3v) is 7.12. The first-order chi connectivity index (χ1) is 10.1. The van der Waals surface area contributed by atoms with E-state index < -0.39 is 10.0 Å². The molecule has 0 unspecified atom stereocenters. The molecule has 0 bridgehead atoms. The highest BCUT2D eigenvalue weighted by Gasteiger charge is 2.46. The van der Waals surface area contributed by atoms with Crippen LogP contribution >= 0.6 is 0 Å². The normalized spacial score (nSPS) is 33.8. The van der Waals surface area contributed by atoms with Crippen LogP contribution in [0.15, 0.2) is 18.6 Å². The summed E-state index contributed by atoms with van der Waals surface area (Å²) in [6, 6.07) is 1.88. The minimum Gasteiger partial charge on any atom is -0.367 e. The van der Waals surface area contributed by atoms with Crippen LogP contribution in [0.25, 0.3) is 0 Å². The van der Waals surface area contributed by atoms with Crippen LogP contribution in [-0.4, -0.2) is 47.1 Å². The Morgan fingerprint density at radius 1 is 1.29 bits per heavy atom. The first-order valence-electron chi connectivity index (χ1n) is 7.55. The maximum absolute atomic E-state index is 12.3. The van der Waals surface area contributed by atoms with Crippen molar-refractivity contribution in [2.45, 2.75) is 43.1 Å². The first-order valence-corrected chi connectivity index (χ1v) is 9.05. The number of hydrogen-bond acceptors (Lipinski definition) is 5. The van der Waals surface area contributed by atoms with Crippen molar-refractivity contribution in [3.8, 4) is 0 Å². The molecule has 1 saturated carbocycles. The van der Waals surface area contributed by atoms with Crippen molar-refractivity contribution >= 4 is 10.0 Å². The number of hydrogen-bond donors (Lipinski definition) is 0. The monoisotopic (exact) mass is 309 g/mol. The van der Waals surface area contributed by atoms with Crippen molar-refractivity contribution in [3.05, 3.63) is 24.3 Å². The number of fused-ring (bicyclic) bond motifs is 1. The van der Waals surface area contributed by atoms with Gasteiger partial charge >= 0.3 is 0 Å². The van der Waals surface area contributed by atoms with Gasteiger partial charge < -0.3 is 4.74 Å². The van der Waals surface area contributed by atoms with E-state index in [4.69, 9.17) is 4.74 Å². The Balaban J connectivity index is 1.47. The van der Waals surface area contributed by atoms with Crippen LogP contribution in [0.2, 0.25) is 0 Å². The van der Waals surface area contributed by atoms with Crippen LogP contribution in [0.4, 0.5) is 0 Å². The molecule has 6 nitrogen and oxygen atoms in total. The van der Waals surface area contributed by atoms with E-state index in [-0.39, 0.29) is 17.5 Å². The molecule has 3 heterocycles. The highest BCUT2D eigenvalue weighted by Crippen LogP contribution is 2.42. The standard InChI is InChI=1S/C14H19N3O3S/c18-21(19,11-1-2-11)17-6-4-10-7-13(20-14(10)8-17)12-3-5-15-9-16-12/h3,5,9-11,13-14H,1-2,4,6-8H2/t10-,13+,14+/m1/s1. The Hall–Kier alpha value is -1.05. The van der Waals surface area contributed by atoms with E-state index >= 15 is 0 Å². The average Bonchev–Trinajstić information content (AvgIpc) is 3.27. The van der Waals surface area contributed by atoms with Gasteiger partial charge in [0.25, 0.3) is 0 Å². The molecule has 0 aromatic carbocycles. The molecule has 0 N–H and O–H groups in total. The number of nitrogens with zero attached hydrogens (tertiary/aromatic N) is 3. The largest absolute Gasteiger partial charge is 0.367 e. The van der Waals surface area contributed by atoms with Gasteiger partial charge in [0.15, 0.2) is 0 Å². The maximum Gasteiger partial charge on any atom is 0.217 e. The number of aromatic nitrogens is 2. The lowest BCUT2D eigenvalue weighted by molar-refractivity contribution is 0.00857. The van der Waals surface area contributed by atoms with Crippen molar-refractivity contribution < 1.29 is 13.2 Å². The second-order valence-electron chi connectivity index (χ2n) is 6.18. The Kier molecular flexibility index (Phi) is 3.24. The minimum absolute atomic E-state index is 0.00670. The van der Waals surface area contributed by atoms with Crippen molar-refractivity contribution in [3.63, 3.8) is 0 Å². The fourth-order valence-electron chi connectivity index (χ4n) is 3.39. The van der Waals surface area contributed by atoms with Crippen LogP contribution in [-0.2, 0) is 14.8 Å². The smallest absolute Gasteiger partial charge is 0.217 e. The Morgan fingerprint density at radius 3 is 2.86 bits per heavy atom. The van der Waals surface area contributed by atoms with Gasteiger partial charge in [-0.2, -0.15) is 4.31 Å². The average molecular weight is 309 g/mol. The summed E-state index contributed by atoms with van der Waals surface area (Å²) < 4.78 is 32.4. The zero-order chi connectivity index (χ0) is 14.4. The molecule has 1 aliphatic carbocycles. The predicted octanol–water partition coefficient (Wildman–Crippen LogP) is 1.12. The van der Waals surface area contributed by atoms with Gasteiger partial charge in [-0.05, 0) is 37.7 Å². The van der Waals surface area contributed by atoms with Gasteiger partial charge in [-0.15, -0.1) is 0 Å². The third-order valence-electron chi connectivity index (χ3n) is 4.75. The summed E-state index contributed by atoms with van der Waals surface area (Å²) >= 11 is 0. The van der Waals surface area contributed by atoms with Crippen molar-refractivity contribution in [2.24, 2.45) is 5.92 Å². The van der Waals surface area contributed by atoms with Crippen LogP contribution in [0.1, 0.15) is 37.5 Å². The van der Waals surface area contributed by atoms with Gasteiger partial charge in [0.1, 0.15) is 12.4 Å². The summed E-state index contributed by atoms with van der Waals surface area (Å²) in [6.45, 7) is 1.14. The highest BCUT2D eigenvalue weighted by molar-refractivity contribution is 7.90. The van der Waals surface area contributed by atoms with Crippen LogP contribution < -0.4 is 0 Å². The molecule has 7 heteroatoms. The van der Waals surface area contributed by atoms with E-state index in [2.05, 4.69) is 9.97 Å². The lowest BCUT2D eigenvalue weighted by atomic mass is 9.92. The van der Waals surface area contributed by atoms with Gasteiger partial charge in [0.05, 0.1) is 17.0 Å². The molecule has 1 aromatic rings.